The van der Waals surface area contributed by atoms with Gasteiger partial charge in [0.2, 0.25) is 0 Å². The Bertz CT molecular complexity index is 3080. The number of hydrogen-bond donors (Lipinski definition) is 3. The first-order valence-corrected chi connectivity index (χ1v) is 19.3. The summed E-state index contributed by atoms with van der Waals surface area (Å²) in [5, 5.41) is 36.5. The molecular weight excluding hydrogens is 855 g/mol. The van der Waals surface area contributed by atoms with Crippen LogP contribution >= 0.6 is 0 Å². The zero-order valence-electron chi connectivity index (χ0n) is 36.0. The molecule has 0 aromatic carbocycles. The summed E-state index contributed by atoms with van der Waals surface area (Å²) in [4.78, 5) is 62.0. The van der Waals surface area contributed by atoms with E-state index in [1.165, 1.54) is 49.2 Å². The molecule has 0 saturated carbocycles. The lowest BCUT2D eigenvalue weighted by Crippen LogP contribution is -2.25. The molecule has 21 heteroatoms. The van der Waals surface area contributed by atoms with Gasteiger partial charge in [0, 0.05) is 94.8 Å². The highest BCUT2D eigenvalue weighted by Crippen LogP contribution is 2.22. The van der Waals surface area contributed by atoms with Gasteiger partial charge in [-0.25, -0.2) is 4.98 Å². The van der Waals surface area contributed by atoms with Crippen LogP contribution in [0.1, 0.15) is 38.8 Å². The Labute approximate surface area is 383 Å². The number of amidine groups is 2. The van der Waals surface area contributed by atoms with Crippen molar-refractivity contribution in [2.24, 2.45) is 21.5 Å². The molecule has 0 aliphatic carbocycles. The van der Waals surface area contributed by atoms with Crippen molar-refractivity contribution in [3.05, 3.63) is 220 Å². The average molecular weight is 891 g/mol. The van der Waals surface area contributed by atoms with Crippen molar-refractivity contribution in [3.8, 4) is 28.8 Å². The molecule has 0 aliphatic rings. The van der Waals surface area contributed by atoms with Crippen LogP contribution in [0.3, 0.4) is 0 Å². The fourth-order valence-electron chi connectivity index (χ4n) is 5.11. The summed E-state index contributed by atoms with van der Waals surface area (Å²) in [6.07, 6.45) is 17.9. The molecule has 0 unspecified atom stereocenters. The summed E-state index contributed by atoms with van der Waals surface area (Å²) in [7, 11) is 0. The smallest absolute Gasteiger partial charge is 0.619 e. The molecule has 0 bridgehead atoms. The molecule has 0 radical (unpaired) electrons. The monoisotopic (exact) mass is 890 g/mol. The molecule has 8 aromatic rings. The molecule has 0 saturated heterocycles. The molecule has 0 aliphatic heterocycles. The quantitative estimate of drug-likeness (QED) is 0.0419. The third kappa shape index (κ3) is 15.1. The van der Waals surface area contributed by atoms with E-state index in [9.17, 15) is 20.0 Å². The number of H-pyrrole nitrogens is 1. The van der Waals surface area contributed by atoms with Crippen LogP contribution in [0.4, 0.5) is 11.6 Å². The van der Waals surface area contributed by atoms with Crippen LogP contribution in [-0.4, -0.2) is 76.4 Å². The van der Waals surface area contributed by atoms with Gasteiger partial charge in [0.1, 0.15) is 37.2 Å². The summed E-state index contributed by atoms with van der Waals surface area (Å²) in [5.74, 6) is 1.92. The van der Waals surface area contributed by atoms with E-state index in [1.54, 1.807) is 98.0 Å². The number of ketones is 2. The number of carbonyl (C=O) groups excluding carboxylic acids is 2. The molecule has 328 valence electrons. The number of aromatic amines is 1. The predicted octanol–water partition coefficient (Wildman–Crippen LogP) is 4.70. The molecule has 0 spiro atoms. The number of pyridine rings is 7. The summed E-state index contributed by atoms with van der Waals surface area (Å²) in [5.41, 5.74) is 16.0. The fraction of sp³-hybridized carbons (Fsp3) is 0.0435. The molecule has 8 aromatic heterocycles. The minimum absolute atomic E-state index is 0. The highest BCUT2D eigenvalue weighted by atomic mass is 16.5. The third-order valence-electron chi connectivity index (χ3n) is 8.53. The molecule has 0 fully saturated rings. The maximum Gasteiger partial charge on any atom is 1.00 e. The number of Topliss-reactive ketones (excluding diaryl/α,β-unsaturated/α-hetero) is 2. The van der Waals surface area contributed by atoms with Crippen molar-refractivity contribution in [1.29, 1.82) is 5.26 Å². The molecule has 0 amide bonds. The van der Waals surface area contributed by atoms with E-state index in [-0.39, 0.29) is 43.6 Å². The Balaban J connectivity index is 0.000000203. The Morgan fingerprint density at radius 3 is 1.61 bits per heavy atom. The van der Waals surface area contributed by atoms with Gasteiger partial charge < -0.3 is 31.6 Å². The number of nitrogens with one attached hydrogen (secondary N) is 1. The first kappa shape index (κ1) is 47.6. The summed E-state index contributed by atoms with van der Waals surface area (Å²) in [6.45, 7) is 13.7. The Hall–Kier alpha value is -10.5. The molecule has 67 heavy (non-hydrogen) atoms. The predicted molar refractivity (Wildman–Crippen MR) is 245 cm³/mol. The van der Waals surface area contributed by atoms with Crippen molar-refractivity contribution < 1.29 is 20.5 Å². The van der Waals surface area contributed by atoms with Crippen molar-refractivity contribution >= 4 is 34.9 Å². The van der Waals surface area contributed by atoms with E-state index in [0.29, 0.717) is 54.7 Å². The second-order valence-electron chi connectivity index (χ2n) is 13.0. The molecule has 8 heterocycles. The van der Waals surface area contributed by atoms with E-state index in [1.807, 2.05) is 18.2 Å². The largest absolute Gasteiger partial charge is 1.00 e. The first-order valence-electron chi connectivity index (χ1n) is 19.3. The van der Waals surface area contributed by atoms with E-state index in [4.69, 9.17) is 29.9 Å². The van der Waals surface area contributed by atoms with Crippen LogP contribution < -0.4 is 20.9 Å². The van der Waals surface area contributed by atoms with Crippen LogP contribution in [-0.2, 0) is 0 Å². The number of aromatic nitrogens is 10. The number of rotatable bonds is 10. The molecule has 0 atom stereocenters. The second-order valence-corrected chi connectivity index (χ2v) is 13.0. The lowest BCUT2D eigenvalue weighted by Gasteiger charge is -2.01. The SMILES string of the molecule is N#Cc1cc[n+]([O-])cc1.NC(=NCC(=O)c1ccncc1)c1cc[n+]([O-])cc1.[C-]#[N+]c1cc(-c2n[nH]c(-c3ccncc3)n2)ccn1.[C-]#[N+]c1cc(C(N)=NCC(=O)c2ccncc2)ccn1.[H+]. The van der Waals surface area contributed by atoms with Gasteiger partial charge in [-0.1, -0.05) is 13.1 Å². The van der Waals surface area contributed by atoms with Gasteiger partial charge in [-0.3, -0.25) is 39.6 Å². The summed E-state index contributed by atoms with van der Waals surface area (Å²) < 4.78 is 1.29. The maximum absolute atomic E-state index is 11.9. The zero-order chi connectivity index (χ0) is 47.8. The van der Waals surface area contributed by atoms with Gasteiger partial charge in [-0.05, 0) is 60.7 Å². The molecule has 5 N–H and O–H groups in total. The average Bonchev–Trinajstić information content (AvgIpc) is 3.90. The van der Waals surface area contributed by atoms with Crippen LogP contribution in [0.25, 0.3) is 32.5 Å². The van der Waals surface area contributed by atoms with Crippen molar-refractivity contribution in [3.63, 3.8) is 0 Å². The molecule has 8 rings (SSSR count). The zero-order valence-corrected chi connectivity index (χ0v) is 35.0. The number of hydrogen-bond acceptors (Lipinski definition) is 14. The van der Waals surface area contributed by atoms with Crippen molar-refractivity contribution in [2.45, 2.75) is 0 Å². The maximum atomic E-state index is 11.9. The normalized spacial score (nSPS) is 10.4. The Kier molecular flexibility index (Phi) is 17.6. The fourth-order valence-corrected chi connectivity index (χ4v) is 5.11. The summed E-state index contributed by atoms with van der Waals surface area (Å²) >= 11 is 0. The number of carbonyl (C=O) groups is 2. The highest BCUT2D eigenvalue weighted by Gasteiger charge is 2.10. The number of nitrogens with zero attached hydrogens (tertiary/aromatic N) is 14. The minimum Gasteiger partial charge on any atom is -0.619 e. The van der Waals surface area contributed by atoms with Gasteiger partial charge in [0.25, 0.3) is 11.6 Å². The standard InChI is InChI=1S/C14H11N5O.C13H8N6.C13H12N4O2.C6H4N2O/c1-16-13-8-11(4-7-18-13)14(15)19-9-12(20)10-2-5-17-6-3-10;1-14-11-8-10(4-7-16-11)13-17-12(18-19-13)9-2-5-15-6-3-9;14-13(11-3-7-17(19)8-4-11)16-9-12(18)10-1-5-15-6-2-10;7-5-6-1-3-8(9)4-2-6/h2-8H,9H2,(H2,15,19);2-8H,(H,17,18,19);1-8H,9H2,(H2,14,16);1-4H/p+1. The van der Waals surface area contributed by atoms with Gasteiger partial charge in [-0.2, -0.15) is 19.8 Å². The van der Waals surface area contributed by atoms with Crippen molar-refractivity contribution in [1.82, 2.24) is 40.1 Å². The van der Waals surface area contributed by atoms with E-state index < -0.39 is 0 Å². The lowest BCUT2D eigenvalue weighted by molar-refractivity contribution is -0.605. The third-order valence-corrected chi connectivity index (χ3v) is 8.53. The van der Waals surface area contributed by atoms with Gasteiger partial charge in [0.05, 0.1) is 11.6 Å². The first-order chi connectivity index (χ1) is 32.6. The number of aliphatic imine (C=N–C) groups is 2. The Morgan fingerprint density at radius 1 is 0.642 bits per heavy atom. The lowest BCUT2D eigenvalue weighted by atomic mass is 10.2. The van der Waals surface area contributed by atoms with Crippen LogP contribution in [0.15, 0.2) is 169 Å². The van der Waals surface area contributed by atoms with E-state index in [2.05, 4.69) is 59.8 Å². The van der Waals surface area contributed by atoms with Gasteiger partial charge >= 0.3 is 1.43 Å². The van der Waals surface area contributed by atoms with E-state index in [0.717, 1.165) is 11.1 Å². The highest BCUT2D eigenvalue weighted by molar-refractivity contribution is 6.03. The minimum atomic E-state index is -0.144. The van der Waals surface area contributed by atoms with Crippen LogP contribution in [0.2, 0.25) is 0 Å². The van der Waals surface area contributed by atoms with Crippen LogP contribution in [0, 0.1) is 34.9 Å². The van der Waals surface area contributed by atoms with Gasteiger partial charge in [0.15, 0.2) is 48.0 Å². The second kappa shape index (κ2) is 24.8. The number of nitriles is 1. The molecular formula is C46H36N17O4+. The molecule has 21 nitrogen and oxygen atoms in total. The van der Waals surface area contributed by atoms with E-state index >= 15 is 0 Å². The van der Waals surface area contributed by atoms with Crippen molar-refractivity contribution in [2.75, 3.05) is 13.1 Å². The van der Waals surface area contributed by atoms with Gasteiger partial charge in [-0.15, -0.1) is 9.97 Å². The number of nitrogens with two attached hydrogens (primary N) is 2. The van der Waals surface area contributed by atoms with Crippen LogP contribution in [0.5, 0.6) is 0 Å². The Morgan fingerprint density at radius 2 is 1.09 bits per heavy atom. The summed E-state index contributed by atoms with van der Waals surface area (Å²) in [6, 6.07) is 24.7. The topological polar surface area (TPSA) is 303 Å².